The van der Waals surface area contributed by atoms with Crippen molar-refractivity contribution in [3.63, 3.8) is 0 Å². The molecule has 0 radical (unpaired) electrons. The number of rotatable bonds is 6. The average molecular weight is 348 g/mol. The number of carbonyl (C=O) groups excluding carboxylic acids is 1. The van der Waals surface area contributed by atoms with Crippen molar-refractivity contribution < 1.29 is 14.5 Å². The van der Waals surface area contributed by atoms with Crippen molar-refractivity contribution in [1.29, 1.82) is 0 Å². The summed E-state index contributed by atoms with van der Waals surface area (Å²) in [6, 6.07) is 8.77. The third kappa shape index (κ3) is 5.43. The molecule has 6 nitrogen and oxygen atoms in total. The summed E-state index contributed by atoms with van der Waals surface area (Å²) in [6.07, 6.45) is 0. The van der Waals surface area contributed by atoms with Crippen molar-refractivity contribution in [3.8, 4) is 0 Å². The van der Waals surface area contributed by atoms with Crippen LogP contribution in [0.25, 0.3) is 0 Å². The van der Waals surface area contributed by atoms with E-state index >= 15 is 0 Å². The third-order valence-corrected chi connectivity index (χ3v) is 4.00. The van der Waals surface area contributed by atoms with E-state index in [4.69, 9.17) is 4.74 Å². The summed E-state index contributed by atoms with van der Waals surface area (Å²) in [7, 11) is 0. The van der Waals surface area contributed by atoms with E-state index in [0.717, 1.165) is 22.5 Å². The van der Waals surface area contributed by atoms with Gasteiger partial charge in [0.2, 0.25) is 0 Å². The lowest BCUT2D eigenvalue weighted by molar-refractivity contribution is -0.380. The Morgan fingerprint density at radius 1 is 1.21 bits per heavy atom. The number of thiophene rings is 1. The molecule has 1 aromatic heterocycles. The summed E-state index contributed by atoms with van der Waals surface area (Å²) in [5.74, 6) is -0.340. The van der Waals surface area contributed by atoms with Gasteiger partial charge < -0.3 is 10.1 Å². The highest BCUT2D eigenvalue weighted by Crippen LogP contribution is 2.22. The number of hydrogen-bond donors (Lipinski definition) is 1. The fraction of sp³-hybridized carbons (Fsp3) is 0.353. The van der Waals surface area contributed by atoms with Crippen LogP contribution in [0.1, 0.15) is 42.3 Å². The lowest BCUT2D eigenvalue weighted by atomic mass is 10.1. The van der Waals surface area contributed by atoms with Crippen molar-refractivity contribution in [1.82, 2.24) is 5.32 Å². The topological polar surface area (TPSA) is 81.5 Å². The lowest BCUT2D eigenvalue weighted by Crippen LogP contribution is -2.23. The first-order chi connectivity index (χ1) is 11.2. The first kappa shape index (κ1) is 18.1. The first-order valence-corrected chi connectivity index (χ1v) is 8.37. The van der Waals surface area contributed by atoms with Crippen molar-refractivity contribution in [2.24, 2.45) is 0 Å². The van der Waals surface area contributed by atoms with E-state index in [2.05, 4.69) is 5.32 Å². The summed E-state index contributed by atoms with van der Waals surface area (Å²) in [5, 5.41) is 15.8. The predicted octanol–water partition coefficient (Wildman–Crippen LogP) is 3.90. The lowest BCUT2D eigenvalue weighted by Gasteiger charge is -2.19. The molecular formula is C17H20N2O4S. The van der Waals surface area contributed by atoms with Crippen molar-refractivity contribution in [2.45, 2.75) is 39.5 Å². The second-order valence-electron chi connectivity index (χ2n) is 6.35. The molecule has 1 N–H and O–H groups in total. The third-order valence-electron chi connectivity index (χ3n) is 3.07. The van der Waals surface area contributed by atoms with Crippen LogP contribution in [0.2, 0.25) is 0 Å². The minimum Gasteiger partial charge on any atom is -0.456 e. The maximum absolute atomic E-state index is 11.9. The van der Waals surface area contributed by atoms with Gasteiger partial charge in [-0.3, -0.25) is 10.1 Å². The molecule has 0 aliphatic heterocycles. The highest BCUT2D eigenvalue weighted by Gasteiger charge is 2.17. The minimum absolute atomic E-state index is 0.147. The number of nitro groups is 1. The molecule has 0 spiro atoms. The van der Waals surface area contributed by atoms with Crippen molar-refractivity contribution in [2.75, 3.05) is 0 Å². The molecule has 7 heteroatoms. The van der Waals surface area contributed by atoms with Gasteiger partial charge in [0.05, 0.1) is 10.5 Å². The Morgan fingerprint density at radius 3 is 2.38 bits per heavy atom. The molecule has 1 aromatic carbocycles. The molecule has 0 aliphatic carbocycles. The summed E-state index contributed by atoms with van der Waals surface area (Å²) in [6.45, 7) is 6.66. The molecule has 1 heterocycles. The largest absolute Gasteiger partial charge is 0.456 e. The molecular weight excluding hydrogens is 328 g/mol. The highest BCUT2D eigenvalue weighted by atomic mass is 32.1. The Labute approximate surface area is 144 Å². The van der Waals surface area contributed by atoms with Gasteiger partial charge in [0.25, 0.3) is 0 Å². The van der Waals surface area contributed by atoms with E-state index in [1.54, 1.807) is 23.6 Å². The van der Waals surface area contributed by atoms with Gasteiger partial charge in [-0.1, -0.05) is 23.5 Å². The number of ether oxygens (including phenoxy) is 1. The van der Waals surface area contributed by atoms with Crippen LogP contribution in [-0.2, 0) is 17.8 Å². The Morgan fingerprint density at radius 2 is 1.83 bits per heavy atom. The number of carbonyl (C=O) groups is 1. The fourth-order valence-corrected chi connectivity index (χ4v) is 2.73. The van der Waals surface area contributed by atoms with Crippen LogP contribution >= 0.6 is 11.3 Å². The van der Waals surface area contributed by atoms with Gasteiger partial charge in [-0.2, -0.15) is 0 Å². The summed E-state index contributed by atoms with van der Waals surface area (Å²) >= 11 is 1.12. The predicted molar refractivity (Wildman–Crippen MR) is 93.1 cm³/mol. The van der Waals surface area contributed by atoms with Gasteiger partial charge in [0.1, 0.15) is 5.60 Å². The zero-order chi connectivity index (χ0) is 17.7. The Kier molecular flexibility index (Phi) is 5.69. The van der Waals surface area contributed by atoms with E-state index < -0.39 is 5.60 Å². The first-order valence-electron chi connectivity index (χ1n) is 7.49. The second-order valence-corrected chi connectivity index (χ2v) is 7.24. The van der Waals surface area contributed by atoms with Gasteiger partial charge >= 0.3 is 11.0 Å². The van der Waals surface area contributed by atoms with Gasteiger partial charge in [0.15, 0.2) is 0 Å². The van der Waals surface area contributed by atoms with Gasteiger partial charge in [-0.15, -0.1) is 0 Å². The van der Waals surface area contributed by atoms with Crippen LogP contribution in [0.15, 0.2) is 35.7 Å². The Bertz CT molecular complexity index is 717. The maximum Gasteiger partial charge on any atom is 0.338 e. The molecule has 24 heavy (non-hydrogen) atoms. The van der Waals surface area contributed by atoms with Gasteiger partial charge in [0, 0.05) is 24.5 Å². The van der Waals surface area contributed by atoms with E-state index in [1.807, 2.05) is 32.9 Å². The van der Waals surface area contributed by atoms with E-state index in [9.17, 15) is 14.9 Å². The van der Waals surface area contributed by atoms with Crippen LogP contribution in [-0.4, -0.2) is 16.5 Å². The molecule has 0 saturated carbocycles. The van der Waals surface area contributed by atoms with Crippen LogP contribution in [0.5, 0.6) is 0 Å². The second kappa shape index (κ2) is 7.55. The smallest absolute Gasteiger partial charge is 0.338 e. The fourth-order valence-electron chi connectivity index (χ4n) is 2.00. The molecule has 2 aromatic rings. The molecule has 0 fully saturated rings. The summed E-state index contributed by atoms with van der Waals surface area (Å²) in [5.41, 5.74) is 1.91. The van der Waals surface area contributed by atoms with Crippen LogP contribution in [0, 0.1) is 10.1 Å². The van der Waals surface area contributed by atoms with Gasteiger partial charge in [-0.25, -0.2) is 4.79 Å². The summed E-state index contributed by atoms with van der Waals surface area (Å²) < 4.78 is 5.32. The summed E-state index contributed by atoms with van der Waals surface area (Å²) in [4.78, 5) is 22.2. The molecule has 0 aliphatic rings. The molecule has 128 valence electrons. The molecule has 0 amide bonds. The number of benzene rings is 1. The SMILES string of the molecule is CC(C)(C)OC(=O)c1ccc(CNCc2csc([N+](=O)[O-])c2)cc1. The van der Waals surface area contributed by atoms with E-state index in [0.29, 0.717) is 18.7 Å². The van der Waals surface area contributed by atoms with Crippen molar-refractivity contribution in [3.05, 3.63) is 62.5 Å². The van der Waals surface area contributed by atoms with Crippen LogP contribution in [0.4, 0.5) is 5.00 Å². The molecule has 0 bridgehead atoms. The minimum atomic E-state index is -0.513. The number of nitrogens with zero attached hydrogens (tertiary/aromatic N) is 1. The normalized spacial score (nSPS) is 11.3. The van der Waals surface area contributed by atoms with E-state index in [1.165, 1.54) is 0 Å². The molecule has 0 atom stereocenters. The maximum atomic E-state index is 11.9. The van der Waals surface area contributed by atoms with Crippen molar-refractivity contribution >= 4 is 22.3 Å². The Hall–Kier alpha value is -2.25. The average Bonchev–Trinajstić information content (AvgIpc) is 2.95. The molecule has 2 rings (SSSR count). The standard InChI is InChI=1S/C17H20N2O4S/c1-17(2,3)23-16(20)14-6-4-12(5-7-14)9-18-10-13-8-15(19(21)22)24-11-13/h4-8,11,18H,9-10H2,1-3H3. The zero-order valence-corrected chi connectivity index (χ0v) is 14.7. The monoisotopic (exact) mass is 348 g/mol. The quantitative estimate of drug-likeness (QED) is 0.486. The number of esters is 1. The van der Waals surface area contributed by atoms with E-state index in [-0.39, 0.29) is 15.9 Å². The molecule has 0 saturated heterocycles. The number of nitrogens with one attached hydrogen (secondary N) is 1. The number of hydrogen-bond acceptors (Lipinski definition) is 6. The highest BCUT2D eigenvalue weighted by molar-refractivity contribution is 7.13. The molecule has 0 unspecified atom stereocenters. The van der Waals surface area contributed by atoms with Crippen LogP contribution < -0.4 is 5.32 Å². The van der Waals surface area contributed by atoms with Crippen LogP contribution in [0.3, 0.4) is 0 Å². The van der Waals surface area contributed by atoms with Gasteiger partial charge in [-0.05, 0) is 44.0 Å². The Balaban J connectivity index is 1.85. The zero-order valence-electron chi connectivity index (χ0n) is 13.9.